The SMILES string of the molecule is CNc1ncnc2c1ncn2[C@@H]1O[C@H](COP(=O)(O)OP(=O)(O)OP(=O)(O)OC[C@H]2O[C@@H]([n+]3cn(C)c4c(=O)[nH]c(N)nc43)C(O)[C@H]2OCCOC)[C@H](OP(=O)(O)OC[C@H]2O[C@@H](n3cnc4c(=O)[nH]c(N)nc43)C(O)[C@H]2OC(C)C)C1OC. The average molecular weight is 1260 g/mol. The van der Waals surface area contributed by atoms with Gasteiger partial charge in [0.2, 0.25) is 17.7 Å². The monoisotopic (exact) mass is 1260 g/mol. The molecule has 0 bridgehead atoms. The molecule has 0 aliphatic carbocycles. The molecule has 16 atom stereocenters. The van der Waals surface area contributed by atoms with Gasteiger partial charge in [-0.05, 0) is 13.8 Å². The molecule has 44 heteroatoms. The van der Waals surface area contributed by atoms with Gasteiger partial charge >= 0.3 is 36.9 Å². The average Bonchev–Trinajstić information content (AvgIpc) is 3.29. The van der Waals surface area contributed by atoms with Crippen LogP contribution in [0.1, 0.15) is 32.5 Å². The van der Waals surface area contributed by atoms with E-state index in [9.17, 15) is 57.6 Å². The third-order valence-electron chi connectivity index (χ3n) is 12.7. The standard InChI is InChI=1S/C39H57N15O25P4/c1-16(2)73-26-18(75-35(24(26)56)53-14-46-21-31(53)47-38(40)49-33(21)57)10-70-80(59,60)77-27-19(76-37(28(27)68-6)52-13-45-20-29(42-3)43-12-44-30(20)52)11-72-82(63,64)79-83(65,66)78-81(61,62)71-9-17-25(69-8-7-67-5)23(55)36(74-17)54-15-51(4)22-32(54)48-39(41)50-34(22)58/h12-19,23-28,35-37,55-56H,7-11H2,1-6H3,(H10-,40,41,42,43,44,47,48,49,50,57,58,59,60,61,62,63,64,65,66)/p+1/t17-,18-,19-,23?,24?,25+,26+,27+,28?,35-,36-,37-/m1/s1. The van der Waals surface area contributed by atoms with Crippen LogP contribution in [0, 0.1) is 0 Å². The maximum absolute atomic E-state index is 14.0. The summed E-state index contributed by atoms with van der Waals surface area (Å²) < 4.78 is 129. The number of methoxy groups -OCH3 is 2. The van der Waals surface area contributed by atoms with Crippen LogP contribution in [0.25, 0.3) is 33.5 Å². The number of H-pyrrole nitrogens is 2. The number of hydrogen-bond acceptors (Lipinski definition) is 30. The van der Waals surface area contributed by atoms with Crippen molar-refractivity contribution in [2.75, 3.05) is 71.1 Å². The number of phosphoric acid groups is 4. The molecule has 13 N–H and O–H groups in total. The maximum Gasteiger partial charge on any atom is 0.490 e. The van der Waals surface area contributed by atoms with Crippen LogP contribution in [0.4, 0.5) is 17.7 Å². The lowest BCUT2D eigenvalue weighted by molar-refractivity contribution is -0.745. The Labute approximate surface area is 465 Å². The van der Waals surface area contributed by atoms with E-state index in [1.54, 1.807) is 20.9 Å². The Hall–Kier alpha value is -5.19. The zero-order valence-corrected chi connectivity index (χ0v) is 47.8. The molecule has 83 heavy (non-hydrogen) atoms. The lowest BCUT2D eigenvalue weighted by Crippen LogP contribution is -2.46. The summed E-state index contributed by atoms with van der Waals surface area (Å²) in [6.07, 6.45) is -13.7. The second-order valence-corrected chi connectivity index (χ2v) is 24.7. The molecule has 0 saturated carbocycles. The number of rotatable bonds is 26. The summed E-state index contributed by atoms with van der Waals surface area (Å²) in [6, 6.07) is 0. The van der Waals surface area contributed by atoms with Gasteiger partial charge in [-0.15, -0.1) is 0 Å². The second-order valence-electron chi connectivity index (χ2n) is 18.7. The number of aliphatic hydroxyl groups excluding tert-OH is 2. The van der Waals surface area contributed by atoms with Crippen molar-refractivity contribution >= 4 is 82.5 Å². The number of imidazole rings is 3. The second kappa shape index (κ2) is 24.7. The molecule has 9 heterocycles. The molecular formula is C39H58N15O25P4+. The molecule has 3 aliphatic heterocycles. The summed E-state index contributed by atoms with van der Waals surface area (Å²) in [5.74, 6) is -0.291. The number of aromatic amines is 2. The number of fused-ring (bicyclic) bond motifs is 3. The lowest BCUT2D eigenvalue weighted by Gasteiger charge is -2.27. The van der Waals surface area contributed by atoms with E-state index in [1.807, 2.05) is 0 Å². The Bertz CT molecular complexity index is 3640. The summed E-state index contributed by atoms with van der Waals surface area (Å²) in [5.41, 5.74) is 10.3. The van der Waals surface area contributed by atoms with E-state index in [-0.39, 0.29) is 64.4 Å². The number of aryl methyl sites for hydroxylation is 1. The van der Waals surface area contributed by atoms with Gasteiger partial charge in [0.05, 0.1) is 58.8 Å². The predicted molar refractivity (Wildman–Crippen MR) is 274 cm³/mol. The fourth-order valence-electron chi connectivity index (χ4n) is 9.38. The molecule has 0 aromatic carbocycles. The number of ether oxygens (including phenoxy) is 7. The Kier molecular flexibility index (Phi) is 18.5. The molecule has 0 amide bonds. The minimum absolute atomic E-state index is 0.000575. The predicted octanol–water partition coefficient (Wildman–Crippen LogP) is -2.15. The number of aromatic nitrogens is 12. The van der Waals surface area contributed by atoms with E-state index in [2.05, 4.69) is 53.8 Å². The molecule has 0 spiro atoms. The topological polar surface area (TPSA) is 535 Å². The van der Waals surface area contributed by atoms with Crippen LogP contribution < -0.4 is 32.5 Å². The zero-order chi connectivity index (χ0) is 60.1. The fraction of sp³-hybridized carbons (Fsp3) is 0.615. The van der Waals surface area contributed by atoms with Gasteiger partial charge in [-0.2, -0.15) is 13.6 Å². The smallest absolute Gasteiger partial charge is 0.386 e. The number of nitrogens with two attached hydrogens (primary N) is 2. The summed E-state index contributed by atoms with van der Waals surface area (Å²) >= 11 is 0. The Balaban J connectivity index is 0.894. The van der Waals surface area contributed by atoms with Crippen molar-refractivity contribution in [1.82, 2.24) is 53.6 Å². The molecule has 0 radical (unpaired) electrons. The highest BCUT2D eigenvalue weighted by molar-refractivity contribution is 7.66. The Morgan fingerprint density at radius 2 is 1.31 bits per heavy atom. The van der Waals surface area contributed by atoms with Crippen molar-refractivity contribution in [1.29, 1.82) is 0 Å². The van der Waals surface area contributed by atoms with E-state index >= 15 is 0 Å². The van der Waals surface area contributed by atoms with Crippen molar-refractivity contribution in [3.8, 4) is 0 Å². The largest absolute Gasteiger partial charge is 0.490 e. The third kappa shape index (κ3) is 13.4. The molecular weight excluding hydrogens is 1200 g/mol. The number of hydrogen-bond donors (Lipinski definition) is 11. The molecule has 40 nitrogen and oxygen atoms in total. The van der Waals surface area contributed by atoms with E-state index in [0.717, 1.165) is 13.4 Å². The van der Waals surface area contributed by atoms with Crippen molar-refractivity contribution in [3.05, 3.63) is 46.0 Å². The number of nitrogens with zero attached hydrogens (tertiary/aromatic N) is 10. The van der Waals surface area contributed by atoms with Gasteiger partial charge in [-0.1, -0.05) is 4.98 Å². The summed E-state index contributed by atoms with van der Waals surface area (Å²) in [5, 5.41) is 25.7. The highest BCUT2D eigenvalue weighted by Crippen LogP contribution is 2.68. The van der Waals surface area contributed by atoms with Crippen LogP contribution in [-0.2, 0) is 85.2 Å². The zero-order valence-electron chi connectivity index (χ0n) is 44.2. The normalized spacial score (nSPS) is 28.7. The van der Waals surface area contributed by atoms with Gasteiger partial charge in [0.15, 0.2) is 41.4 Å². The van der Waals surface area contributed by atoms with Crippen LogP contribution >= 0.6 is 31.3 Å². The van der Waals surface area contributed by atoms with Gasteiger partial charge in [-0.3, -0.25) is 51.4 Å². The summed E-state index contributed by atoms with van der Waals surface area (Å²) in [7, 11) is -17.9. The van der Waals surface area contributed by atoms with Gasteiger partial charge in [0.1, 0.15) is 66.8 Å². The molecule has 9 rings (SSSR count). The van der Waals surface area contributed by atoms with E-state index in [4.69, 9.17) is 62.7 Å². The minimum atomic E-state index is -6.21. The van der Waals surface area contributed by atoms with E-state index < -0.39 is 142 Å². The molecule has 458 valence electrons. The first kappa shape index (κ1) is 62.3. The van der Waals surface area contributed by atoms with Crippen LogP contribution in [0.2, 0.25) is 0 Å². The van der Waals surface area contributed by atoms with Crippen molar-refractivity contribution < 1.29 is 112 Å². The number of nitrogens with one attached hydrogen (secondary N) is 3. The summed E-state index contributed by atoms with van der Waals surface area (Å²) in [6.45, 7) is 0.00707. The Morgan fingerprint density at radius 1 is 0.723 bits per heavy atom. The van der Waals surface area contributed by atoms with Crippen LogP contribution in [0.3, 0.4) is 0 Å². The Morgan fingerprint density at radius 3 is 1.95 bits per heavy atom. The van der Waals surface area contributed by atoms with E-state index in [0.29, 0.717) is 0 Å². The van der Waals surface area contributed by atoms with Crippen molar-refractivity contribution in [3.63, 3.8) is 0 Å². The lowest BCUT2D eigenvalue weighted by atomic mass is 10.1. The molecule has 3 fully saturated rings. The van der Waals surface area contributed by atoms with Gasteiger partial charge in [0, 0.05) is 21.3 Å². The highest BCUT2D eigenvalue weighted by atomic mass is 31.3. The molecule has 3 aliphatic rings. The van der Waals surface area contributed by atoms with Crippen LogP contribution in [0.15, 0.2) is 34.9 Å². The van der Waals surface area contributed by atoms with Crippen molar-refractivity contribution in [2.24, 2.45) is 7.05 Å². The van der Waals surface area contributed by atoms with E-state index in [1.165, 1.54) is 51.4 Å². The number of anilines is 3. The number of nitrogen functional groups attached to an aromatic ring is 2. The van der Waals surface area contributed by atoms with Crippen LogP contribution in [0.5, 0.6) is 0 Å². The first-order valence-electron chi connectivity index (χ1n) is 24.4. The number of aliphatic hydroxyl groups is 2. The van der Waals surface area contributed by atoms with Gasteiger partial charge in [-0.25, -0.2) is 42.8 Å². The third-order valence-corrected chi connectivity index (χ3v) is 18.0. The molecule has 6 aromatic rings. The van der Waals surface area contributed by atoms with Gasteiger partial charge < -0.3 is 79.7 Å². The quantitative estimate of drug-likeness (QED) is 0.0157. The first-order valence-corrected chi connectivity index (χ1v) is 30.4. The maximum atomic E-state index is 14.0. The highest BCUT2D eigenvalue weighted by Gasteiger charge is 2.54. The fourth-order valence-corrected chi connectivity index (χ4v) is 13.9. The van der Waals surface area contributed by atoms with Crippen LogP contribution in [-0.4, -0.2) is 199 Å². The van der Waals surface area contributed by atoms with Gasteiger partial charge in [0.25, 0.3) is 17.1 Å². The molecule has 7 unspecified atom stereocenters. The number of phosphoric ester groups is 3. The minimum Gasteiger partial charge on any atom is -0.386 e. The first-order chi connectivity index (χ1) is 39.1. The van der Waals surface area contributed by atoms with Crippen molar-refractivity contribution in [2.45, 2.75) is 93.6 Å². The molecule has 6 aromatic heterocycles. The summed E-state index contributed by atoms with van der Waals surface area (Å²) in [4.78, 5) is 98.1. The molecule has 3 saturated heterocycles.